The summed E-state index contributed by atoms with van der Waals surface area (Å²) < 4.78 is 183. The molecule has 1 nitrogen and oxygen atoms in total. The molecule has 3 rings (SSSR count). The summed E-state index contributed by atoms with van der Waals surface area (Å²) in [5, 5.41) is 0. The van der Waals surface area contributed by atoms with Gasteiger partial charge < -0.3 is 4.74 Å². The van der Waals surface area contributed by atoms with E-state index in [9.17, 15) is 57.1 Å². The molecule has 15 heteroatoms. The van der Waals surface area contributed by atoms with Gasteiger partial charge >= 0.3 is 35.8 Å². The third-order valence-corrected chi connectivity index (χ3v) is 8.46. The molecule has 0 saturated carbocycles. The van der Waals surface area contributed by atoms with Crippen LogP contribution in [-0.4, -0.2) is 49.0 Å². The predicted octanol–water partition coefficient (Wildman–Crippen LogP) is 9.55. The molecule has 0 spiro atoms. The summed E-state index contributed by atoms with van der Waals surface area (Å²) in [6, 6.07) is 17.4. The highest BCUT2D eigenvalue weighted by atomic mass is 127. The third kappa shape index (κ3) is 6.41. The van der Waals surface area contributed by atoms with Crippen LogP contribution in [0, 0.1) is 11.8 Å². The first-order chi connectivity index (χ1) is 19.2. The minimum atomic E-state index is -7.91. The molecule has 0 N–H and O–H groups in total. The van der Waals surface area contributed by atoms with Crippen LogP contribution in [0.2, 0.25) is 0 Å². The molecule has 234 valence electrons. The number of alkyl halides is 13. The number of hydrogen-bond acceptors (Lipinski definition) is 1. The maximum Gasteiger partial charge on any atom is 0.460 e. The van der Waals surface area contributed by atoms with Gasteiger partial charge in [-0.1, -0.05) is 66.2 Å². The van der Waals surface area contributed by atoms with E-state index < -0.39 is 60.7 Å². The van der Waals surface area contributed by atoms with Gasteiger partial charge in [0.1, 0.15) is 0 Å². The molecule has 0 aromatic heterocycles. The van der Waals surface area contributed by atoms with Crippen LogP contribution in [0.5, 0.6) is 0 Å². The minimum absolute atomic E-state index is 0.251. The monoisotopic (exact) mass is 736 g/mol. The van der Waals surface area contributed by atoms with E-state index in [4.69, 9.17) is 4.74 Å². The molecule has 1 saturated heterocycles. The van der Waals surface area contributed by atoms with Crippen LogP contribution in [0.15, 0.2) is 69.8 Å². The first kappa shape index (κ1) is 34.5. The Bertz CT molecular complexity index is 1180. The van der Waals surface area contributed by atoms with Gasteiger partial charge in [-0.3, -0.25) is 0 Å². The fourth-order valence-corrected chi connectivity index (χ4v) is 5.59. The van der Waals surface area contributed by atoms with Crippen LogP contribution in [0.25, 0.3) is 0 Å². The van der Waals surface area contributed by atoms with Crippen molar-refractivity contribution in [1.29, 1.82) is 0 Å². The van der Waals surface area contributed by atoms with E-state index in [1.807, 2.05) is 0 Å². The van der Waals surface area contributed by atoms with Gasteiger partial charge in [-0.25, -0.2) is 0 Å². The molecule has 2 unspecified atom stereocenters. The molecule has 1 aliphatic heterocycles. The number of rotatable bonds is 11. The smallest absolute Gasteiger partial charge is 0.380 e. The molecule has 0 amide bonds. The SMILES string of the molecule is FC(F)(F)C(F)(F)C(F)(F)C(F)(F)C(F)(F)C(F)(F)CC1COCC1C(I)=C(Cc1ccccc1)Cc1ccccc1. The molecule has 1 heterocycles. The summed E-state index contributed by atoms with van der Waals surface area (Å²) in [4.78, 5) is 0. The van der Waals surface area contributed by atoms with Crippen LogP contribution >= 0.6 is 22.6 Å². The van der Waals surface area contributed by atoms with Gasteiger partial charge in [-0.05, 0) is 56.1 Å². The largest absolute Gasteiger partial charge is 0.460 e. The summed E-state index contributed by atoms with van der Waals surface area (Å²) >= 11 is 1.77. The number of hydrogen-bond donors (Lipinski definition) is 0. The van der Waals surface area contributed by atoms with Crippen LogP contribution in [0.1, 0.15) is 17.5 Å². The van der Waals surface area contributed by atoms with Crippen molar-refractivity contribution in [3.8, 4) is 0 Å². The lowest BCUT2D eigenvalue weighted by atomic mass is 9.83. The zero-order valence-corrected chi connectivity index (χ0v) is 23.3. The fraction of sp³-hybridized carbons (Fsp3) is 0.481. The average Bonchev–Trinajstić information content (AvgIpc) is 3.35. The van der Waals surface area contributed by atoms with Gasteiger partial charge in [0, 0.05) is 12.3 Å². The molecule has 0 bridgehead atoms. The normalized spacial score (nSPS) is 19.2. The number of allylic oxidation sites excluding steroid dienone is 1. The van der Waals surface area contributed by atoms with E-state index in [0.29, 0.717) is 9.15 Å². The maximum atomic E-state index is 14.7. The maximum absolute atomic E-state index is 14.7. The molecule has 2 aromatic carbocycles. The van der Waals surface area contributed by atoms with Crippen molar-refractivity contribution >= 4 is 22.6 Å². The Kier molecular flexibility index (Phi) is 9.97. The molecule has 2 atom stereocenters. The lowest BCUT2D eigenvalue weighted by Gasteiger charge is -2.40. The summed E-state index contributed by atoms with van der Waals surface area (Å²) in [6.07, 6.45) is -9.20. The van der Waals surface area contributed by atoms with E-state index in [1.165, 1.54) is 0 Å². The van der Waals surface area contributed by atoms with E-state index in [1.54, 1.807) is 83.3 Å². The highest BCUT2D eigenvalue weighted by molar-refractivity contribution is 14.1. The number of benzene rings is 2. The quantitative estimate of drug-likeness (QED) is 0.165. The van der Waals surface area contributed by atoms with E-state index in [0.717, 1.165) is 11.1 Å². The molecule has 42 heavy (non-hydrogen) atoms. The number of ether oxygens (including phenoxy) is 1. The Hall–Kier alpha value is -2.04. The second-order valence-corrected chi connectivity index (χ2v) is 11.0. The lowest BCUT2D eigenvalue weighted by Crippen LogP contribution is -2.70. The van der Waals surface area contributed by atoms with Gasteiger partial charge in [0.05, 0.1) is 13.2 Å². The van der Waals surface area contributed by atoms with Gasteiger partial charge in [-0.2, -0.15) is 57.1 Å². The molecular weight excluding hydrogens is 714 g/mol. The molecule has 1 aliphatic rings. The zero-order valence-electron chi connectivity index (χ0n) is 21.2. The Morgan fingerprint density at radius 2 is 1.05 bits per heavy atom. The van der Waals surface area contributed by atoms with Crippen LogP contribution in [-0.2, 0) is 17.6 Å². The first-order valence-corrected chi connectivity index (χ1v) is 13.2. The van der Waals surface area contributed by atoms with E-state index in [-0.39, 0.29) is 19.4 Å². The molecule has 0 aliphatic carbocycles. The van der Waals surface area contributed by atoms with Crippen molar-refractivity contribution in [2.75, 3.05) is 13.2 Å². The Labute approximate surface area is 245 Å². The van der Waals surface area contributed by atoms with Crippen LogP contribution < -0.4 is 0 Å². The van der Waals surface area contributed by atoms with Crippen LogP contribution in [0.4, 0.5) is 57.1 Å². The van der Waals surface area contributed by atoms with Crippen molar-refractivity contribution in [3.63, 3.8) is 0 Å². The third-order valence-electron chi connectivity index (χ3n) is 6.90. The summed E-state index contributed by atoms with van der Waals surface area (Å²) in [7, 11) is 0. The van der Waals surface area contributed by atoms with Crippen molar-refractivity contribution in [2.45, 2.75) is 55.1 Å². The first-order valence-electron chi connectivity index (χ1n) is 12.2. The van der Waals surface area contributed by atoms with E-state index in [2.05, 4.69) is 0 Å². The predicted molar refractivity (Wildman–Crippen MR) is 135 cm³/mol. The van der Waals surface area contributed by atoms with Gasteiger partial charge in [0.25, 0.3) is 0 Å². The van der Waals surface area contributed by atoms with Crippen molar-refractivity contribution in [2.24, 2.45) is 11.8 Å². The van der Waals surface area contributed by atoms with E-state index >= 15 is 0 Å². The summed E-state index contributed by atoms with van der Waals surface area (Å²) in [5.74, 6) is -39.7. The minimum Gasteiger partial charge on any atom is -0.380 e. The van der Waals surface area contributed by atoms with Gasteiger partial charge in [0.2, 0.25) is 0 Å². The highest BCUT2D eigenvalue weighted by Crippen LogP contribution is 2.61. The topological polar surface area (TPSA) is 9.23 Å². The highest BCUT2D eigenvalue weighted by Gasteiger charge is 2.90. The standard InChI is InChI=1S/C27H22F13IO/c28-22(29,23(30,31)24(32,33)25(34,35)26(36,37)27(38,39)40)13-19-14-42-15-20(19)21(41)18(11-16-7-3-1-4-8-16)12-17-9-5-2-6-10-17/h1-10,19-20H,11-15H2. The Morgan fingerprint density at radius 3 is 1.48 bits per heavy atom. The van der Waals surface area contributed by atoms with Gasteiger partial charge in [-0.15, -0.1) is 0 Å². The Balaban J connectivity index is 1.96. The van der Waals surface area contributed by atoms with Crippen molar-refractivity contribution in [1.82, 2.24) is 0 Å². The number of halogens is 14. The zero-order chi connectivity index (χ0) is 31.8. The molecule has 0 radical (unpaired) electrons. The second kappa shape index (κ2) is 12.2. The van der Waals surface area contributed by atoms with Crippen molar-refractivity contribution < 1.29 is 61.8 Å². The second-order valence-electron chi connectivity index (χ2n) is 9.88. The summed E-state index contributed by atoms with van der Waals surface area (Å²) in [6.45, 7) is -1.07. The molecule has 1 fully saturated rings. The lowest BCUT2D eigenvalue weighted by molar-refractivity contribution is -0.440. The van der Waals surface area contributed by atoms with Gasteiger partial charge in [0.15, 0.2) is 0 Å². The average molecular weight is 736 g/mol. The van der Waals surface area contributed by atoms with Crippen molar-refractivity contribution in [3.05, 3.63) is 80.9 Å². The summed E-state index contributed by atoms with van der Waals surface area (Å²) in [5.41, 5.74) is 2.17. The molecule has 2 aromatic rings. The molecular formula is C27H22F13IO. The fourth-order valence-electron chi connectivity index (χ4n) is 4.52. The Morgan fingerprint density at radius 1 is 0.619 bits per heavy atom. The van der Waals surface area contributed by atoms with Crippen LogP contribution in [0.3, 0.4) is 0 Å².